The summed E-state index contributed by atoms with van der Waals surface area (Å²) in [7, 11) is 0. The van der Waals surface area contributed by atoms with E-state index in [1.165, 1.54) is 0 Å². The minimum absolute atomic E-state index is 0.120. The molecule has 2 heterocycles. The van der Waals surface area contributed by atoms with Crippen molar-refractivity contribution in [3.8, 4) is 16.9 Å². The fourth-order valence-electron chi connectivity index (χ4n) is 2.11. The Kier molecular flexibility index (Phi) is 2.91. The van der Waals surface area contributed by atoms with E-state index in [4.69, 9.17) is 15.2 Å². The van der Waals surface area contributed by atoms with Crippen molar-refractivity contribution in [3.63, 3.8) is 0 Å². The van der Waals surface area contributed by atoms with Gasteiger partial charge < -0.3 is 15.2 Å². The summed E-state index contributed by atoms with van der Waals surface area (Å²) < 4.78 is 11.2. The molecule has 19 heavy (non-hydrogen) atoms. The first-order valence-corrected chi connectivity index (χ1v) is 6.27. The number of hydrogen-bond donors (Lipinski definition) is 2. The van der Waals surface area contributed by atoms with Gasteiger partial charge in [-0.1, -0.05) is 25.1 Å². The van der Waals surface area contributed by atoms with Crippen molar-refractivity contribution in [2.24, 2.45) is 5.41 Å². The van der Waals surface area contributed by atoms with Gasteiger partial charge >= 0.3 is 0 Å². The molecule has 3 N–H and O–H groups in total. The number of para-hydroxylation sites is 1. The van der Waals surface area contributed by atoms with Crippen LogP contribution in [0.2, 0.25) is 0 Å². The van der Waals surface area contributed by atoms with E-state index in [-0.39, 0.29) is 5.41 Å². The molecule has 1 fully saturated rings. The van der Waals surface area contributed by atoms with Gasteiger partial charge in [0, 0.05) is 16.5 Å². The van der Waals surface area contributed by atoms with Crippen LogP contribution in [-0.4, -0.2) is 30.0 Å². The normalized spacial score (nSPS) is 16.9. The summed E-state index contributed by atoms with van der Waals surface area (Å²) in [6.07, 6.45) is 1.71. The third-order valence-electron chi connectivity index (χ3n) is 3.32. The molecule has 5 heteroatoms. The topological polar surface area (TPSA) is 73.2 Å². The molecule has 0 unspecified atom stereocenters. The number of nitrogens with two attached hydrogens (primary N) is 1. The van der Waals surface area contributed by atoms with Crippen LogP contribution in [0.25, 0.3) is 11.1 Å². The molecule has 0 amide bonds. The molecule has 0 saturated carbocycles. The van der Waals surface area contributed by atoms with Crippen LogP contribution >= 0.6 is 0 Å². The van der Waals surface area contributed by atoms with Crippen LogP contribution in [-0.2, 0) is 4.74 Å². The fourth-order valence-corrected chi connectivity index (χ4v) is 2.11. The average molecular weight is 259 g/mol. The number of nitrogen functional groups attached to an aromatic ring is 1. The molecule has 1 aliphatic rings. The van der Waals surface area contributed by atoms with Crippen molar-refractivity contribution in [2.45, 2.75) is 6.92 Å². The van der Waals surface area contributed by atoms with E-state index in [0.29, 0.717) is 12.4 Å². The summed E-state index contributed by atoms with van der Waals surface area (Å²) in [5.74, 6) is 1.37. The van der Waals surface area contributed by atoms with Gasteiger partial charge in [0.2, 0.25) is 0 Å². The van der Waals surface area contributed by atoms with Crippen LogP contribution in [0, 0.1) is 5.41 Å². The first-order valence-electron chi connectivity index (χ1n) is 6.27. The molecule has 1 saturated heterocycles. The summed E-state index contributed by atoms with van der Waals surface area (Å²) in [6, 6.07) is 7.85. The molecule has 0 radical (unpaired) electrons. The fraction of sp³-hybridized carbons (Fsp3) is 0.357. The zero-order valence-corrected chi connectivity index (χ0v) is 10.8. The van der Waals surface area contributed by atoms with Crippen molar-refractivity contribution in [2.75, 3.05) is 25.6 Å². The Bertz CT molecular complexity index is 576. The van der Waals surface area contributed by atoms with Gasteiger partial charge in [0.15, 0.2) is 0 Å². The van der Waals surface area contributed by atoms with Gasteiger partial charge in [0.05, 0.1) is 26.0 Å². The molecule has 1 aromatic heterocycles. The van der Waals surface area contributed by atoms with Gasteiger partial charge in [-0.2, -0.15) is 5.10 Å². The lowest BCUT2D eigenvalue weighted by Crippen LogP contribution is -2.44. The van der Waals surface area contributed by atoms with Gasteiger partial charge in [0.25, 0.3) is 0 Å². The predicted octanol–water partition coefficient (Wildman–Crippen LogP) is 2.07. The number of aromatic amines is 1. The van der Waals surface area contributed by atoms with E-state index in [2.05, 4.69) is 17.1 Å². The lowest BCUT2D eigenvalue weighted by Gasteiger charge is -2.37. The van der Waals surface area contributed by atoms with E-state index < -0.39 is 0 Å². The number of H-pyrrole nitrogens is 1. The quantitative estimate of drug-likeness (QED) is 0.881. The molecule has 0 aliphatic carbocycles. The van der Waals surface area contributed by atoms with E-state index >= 15 is 0 Å². The number of nitrogens with zero attached hydrogens (tertiary/aromatic N) is 1. The Morgan fingerprint density at radius 1 is 1.37 bits per heavy atom. The Morgan fingerprint density at radius 2 is 2.16 bits per heavy atom. The minimum atomic E-state index is 0.120. The van der Waals surface area contributed by atoms with E-state index in [9.17, 15) is 0 Å². The highest BCUT2D eigenvalue weighted by atomic mass is 16.5. The summed E-state index contributed by atoms with van der Waals surface area (Å²) >= 11 is 0. The van der Waals surface area contributed by atoms with Gasteiger partial charge in [-0.3, -0.25) is 5.10 Å². The largest absolute Gasteiger partial charge is 0.492 e. The second kappa shape index (κ2) is 4.59. The smallest absolute Gasteiger partial charge is 0.127 e. The molecule has 2 aromatic rings. The molecule has 1 aromatic carbocycles. The lowest BCUT2D eigenvalue weighted by atomic mass is 9.90. The molecule has 3 rings (SSSR count). The van der Waals surface area contributed by atoms with E-state index in [1.807, 2.05) is 24.3 Å². The Morgan fingerprint density at radius 3 is 2.79 bits per heavy atom. The lowest BCUT2D eigenvalue weighted by molar-refractivity contribution is -0.120. The molecular formula is C14H17N3O2. The Labute approximate surface area is 111 Å². The van der Waals surface area contributed by atoms with Gasteiger partial charge in [-0.15, -0.1) is 0 Å². The van der Waals surface area contributed by atoms with Crippen LogP contribution in [0.15, 0.2) is 30.5 Å². The first-order chi connectivity index (χ1) is 9.18. The average Bonchev–Trinajstić information content (AvgIpc) is 2.81. The summed E-state index contributed by atoms with van der Waals surface area (Å²) in [5, 5.41) is 6.69. The van der Waals surface area contributed by atoms with Crippen LogP contribution in [0.3, 0.4) is 0 Å². The molecule has 1 aliphatic heterocycles. The summed E-state index contributed by atoms with van der Waals surface area (Å²) in [4.78, 5) is 0. The number of aromatic nitrogens is 2. The van der Waals surface area contributed by atoms with E-state index in [1.54, 1.807) is 6.20 Å². The maximum Gasteiger partial charge on any atom is 0.127 e. The zero-order chi connectivity index (χ0) is 13.3. The Balaban J connectivity index is 1.83. The SMILES string of the molecule is CC1(COc2ccccc2-c2cn[nH]c2N)COC1. The minimum Gasteiger partial charge on any atom is -0.492 e. The van der Waals surface area contributed by atoms with Crippen molar-refractivity contribution >= 4 is 5.82 Å². The zero-order valence-electron chi connectivity index (χ0n) is 10.8. The van der Waals surface area contributed by atoms with Crippen molar-refractivity contribution in [1.29, 1.82) is 0 Å². The number of benzene rings is 1. The van der Waals surface area contributed by atoms with Crippen molar-refractivity contribution < 1.29 is 9.47 Å². The van der Waals surface area contributed by atoms with E-state index in [0.717, 1.165) is 30.1 Å². The van der Waals surface area contributed by atoms with Gasteiger partial charge in [0.1, 0.15) is 11.6 Å². The number of hydrogen-bond acceptors (Lipinski definition) is 4. The first kappa shape index (κ1) is 12.0. The number of ether oxygens (including phenoxy) is 2. The molecule has 0 spiro atoms. The highest BCUT2D eigenvalue weighted by molar-refractivity contribution is 5.77. The maximum absolute atomic E-state index is 5.95. The standard InChI is InChI=1S/C14H17N3O2/c1-14(7-18-8-14)9-19-12-5-3-2-4-10(12)11-6-16-17-13(11)15/h2-6H,7-9H2,1H3,(H3,15,16,17). The maximum atomic E-state index is 5.95. The Hall–Kier alpha value is -2.01. The molecule has 0 bridgehead atoms. The van der Waals surface area contributed by atoms with Gasteiger partial charge in [-0.05, 0) is 6.07 Å². The molecule has 5 nitrogen and oxygen atoms in total. The number of rotatable bonds is 4. The predicted molar refractivity (Wildman–Crippen MR) is 72.9 cm³/mol. The van der Waals surface area contributed by atoms with Crippen molar-refractivity contribution in [3.05, 3.63) is 30.5 Å². The monoisotopic (exact) mass is 259 g/mol. The van der Waals surface area contributed by atoms with Crippen LogP contribution in [0.1, 0.15) is 6.92 Å². The highest BCUT2D eigenvalue weighted by Crippen LogP contribution is 2.34. The summed E-state index contributed by atoms with van der Waals surface area (Å²) in [6.45, 7) is 4.30. The third-order valence-corrected chi connectivity index (χ3v) is 3.32. The summed E-state index contributed by atoms with van der Waals surface area (Å²) in [5.41, 5.74) is 7.81. The molecular weight excluding hydrogens is 242 g/mol. The van der Waals surface area contributed by atoms with Crippen LogP contribution in [0.5, 0.6) is 5.75 Å². The highest BCUT2D eigenvalue weighted by Gasteiger charge is 2.34. The third kappa shape index (κ3) is 2.29. The van der Waals surface area contributed by atoms with Crippen LogP contribution in [0.4, 0.5) is 5.82 Å². The molecule has 100 valence electrons. The van der Waals surface area contributed by atoms with Crippen LogP contribution < -0.4 is 10.5 Å². The number of nitrogens with one attached hydrogen (secondary N) is 1. The second-order valence-electron chi connectivity index (χ2n) is 5.29. The van der Waals surface area contributed by atoms with Crippen molar-refractivity contribution in [1.82, 2.24) is 10.2 Å². The number of anilines is 1. The van der Waals surface area contributed by atoms with Gasteiger partial charge in [-0.25, -0.2) is 0 Å². The molecule has 0 atom stereocenters. The second-order valence-corrected chi connectivity index (χ2v) is 5.29.